The minimum Gasteiger partial charge on any atom is -0.300 e. The fourth-order valence-corrected chi connectivity index (χ4v) is 8.04. The standard InChI is InChI=1S/C22H39N/c1-6-15-12-23-13-19(22(9-4)11-18(15)22)16(7-2)21-14(5)10-17(21)20(23)8-3/h14-21H,6-13H2,1-5H3. The van der Waals surface area contributed by atoms with Gasteiger partial charge in [-0.1, -0.05) is 47.5 Å². The van der Waals surface area contributed by atoms with Crippen LogP contribution in [0.1, 0.15) is 73.1 Å². The average Bonchev–Trinajstić information content (AvgIpc) is 3.30. The first-order valence-electron chi connectivity index (χ1n) is 10.8. The van der Waals surface area contributed by atoms with Crippen molar-refractivity contribution < 1.29 is 0 Å². The van der Waals surface area contributed by atoms with E-state index >= 15 is 0 Å². The third kappa shape index (κ3) is 2.14. The molecule has 2 saturated heterocycles. The fraction of sp³-hybridized carbons (Fsp3) is 1.00. The topological polar surface area (TPSA) is 3.24 Å². The Morgan fingerprint density at radius 2 is 1.74 bits per heavy atom. The van der Waals surface area contributed by atoms with Crippen LogP contribution in [0.5, 0.6) is 0 Å². The maximum Gasteiger partial charge on any atom is 0.0124 e. The summed E-state index contributed by atoms with van der Waals surface area (Å²) < 4.78 is 0. The summed E-state index contributed by atoms with van der Waals surface area (Å²) in [6.07, 6.45) is 8.77. The minimum absolute atomic E-state index is 0.735. The summed E-state index contributed by atoms with van der Waals surface area (Å²) >= 11 is 0. The molecule has 1 heteroatoms. The molecule has 0 aromatic rings. The molecule has 4 fully saturated rings. The fourth-order valence-electron chi connectivity index (χ4n) is 8.04. The molecule has 2 saturated carbocycles. The van der Waals surface area contributed by atoms with E-state index in [2.05, 4.69) is 39.5 Å². The zero-order valence-electron chi connectivity index (χ0n) is 16.2. The molecule has 0 N–H and O–H groups in total. The SMILES string of the molecule is CCC1CN2CC(C(CC)C3C(C)CC3C2CC)C2(CC)CC12. The summed E-state index contributed by atoms with van der Waals surface area (Å²) in [5, 5.41) is 0. The highest BCUT2D eigenvalue weighted by Crippen LogP contribution is 2.70. The minimum atomic E-state index is 0.735. The van der Waals surface area contributed by atoms with Crippen molar-refractivity contribution in [2.75, 3.05) is 13.1 Å². The quantitative estimate of drug-likeness (QED) is 0.666. The summed E-state index contributed by atoms with van der Waals surface area (Å²) in [5.74, 6) is 7.13. The highest BCUT2D eigenvalue weighted by Gasteiger charge is 2.66. The Morgan fingerprint density at radius 3 is 2.30 bits per heavy atom. The van der Waals surface area contributed by atoms with E-state index in [1.54, 1.807) is 6.42 Å². The summed E-state index contributed by atoms with van der Waals surface area (Å²) in [5.41, 5.74) is 0.735. The van der Waals surface area contributed by atoms with E-state index in [0.717, 1.165) is 52.9 Å². The summed E-state index contributed by atoms with van der Waals surface area (Å²) in [6.45, 7) is 15.4. The van der Waals surface area contributed by atoms with Crippen LogP contribution in [0, 0.1) is 46.8 Å². The van der Waals surface area contributed by atoms with Gasteiger partial charge in [0, 0.05) is 19.1 Å². The maximum absolute atomic E-state index is 3.02. The molecule has 2 aliphatic carbocycles. The zero-order valence-corrected chi connectivity index (χ0v) is 16.2. The second-order valence-corrected chi connectivity index (χ2v) is 9.63. The van der Waals surface area contributed by atoms with Crippen molar-refractivity contribution in [2.24, 2.45) is 46.8 Å². The third-order valence-electron chi connectivity index (χ3n) is 9.23. The van der Waals surface area contributed by atoms with E-state index in [1.807, 2.05) is 0 Å². The van der Waals surface area contributed by atoms with Crippen LogP contribution < -0.4 is 0 Å². The van der Waals surface area contributed by atoms with Crippen LogP contribution in [0.15, 0.2) is 0 Å². The van der Waals surface area contributed by atoms with Crippen LogP contribution in [0.25, 0.3) is 0 Å². The Kier molecular flexibility index (Phi) is 4.11. The van der Waals surface area contributed by atoms with Gasteiger partial charge in [-0.3, -0.25) is 4.90 Å². The van der Waals surface area contributed by atoms with Crippen molar-refractivity contribution in [1.29, 1.82) is 0 Å². The molecular weight excluding hydrogens is 278 g/mol. The van der Waals surface area contributed by atoms with Gasteiger partial charge >= 0.3 is 0 Å². The molecule has 10 unspecified atom stereocenters. The number of nitrogens with zero attached hydrogens (tertiary/aromatic N) is 1. The molecule has 1 nitrogen and oxygen atoms in total. The van der Waals surface area contributed by atoms with E-state index in [1.165, 1.54) is 45.2 Å². The first-order valence-corrected chi connectivity index (χ1v) is 10.8. The van der Waals surface area contributed by atoms with E-state index in [4.69, 9.17) is 0 Å². The van der Waals surface area contributed by atoms with Crippen LogP contribution in [0.2, 0.25) is 0 Å². The van der Waals surface area contributed by atoms with Crippen molar-refractivity contribution in [3.8, 4) is 0 Å². The normalized spacial score (nSPS) is 57.5. The lowest BCUT2D eigenvalue weighted by atomic mass is 9.54. The smallest absolute Gasteiger partial charge is 0.0124 e. The molecule has 0 radical (unpaired) electrons. The Hall–Kier alpha value is -0.0400. The van der Waals surface area contributed by atoms with Gasteiger partial charge in [0.15, 0.2) is 0 Å². The molecule has 23 heavy (non-hydrogen) atoms. The van der Waals surface area contributed by atoms with Crippen molar-refractivity contribution in [2.45, 2.75) is 79.2 Å². The van der Waals surface area contributed by atoms with E-state index in [0.29, 0.717) is 0 Å². The molecule has 4 rings (SSSR count). The average molecular weight is 318 g/mol. The molecule has 2 heterocycles. The van der Waals surface area contributed by atoms with Gasteiger partial charge in [-0.15, -0.1) is 0 Å². The molecule has 0 spiro atoms. The molecule has 2 aliphatic heterocycles. The van der Waals surface area contributed by atoms with Crippen molar-refractivity contribution >= 4 is 0 Å². The molecule has 10 atom stereocenters. The third-order valence-corrected chi connectivity index (χ3v) is 9.23. The van der Waals surface area contributed by atoms with Crippen LogP contribution >= 0.6 is 0 Å². The number of rotatable bonds is 4. The Bertz CT molecular complexity index is 445. The Labute approximate surface area is 144 Å². The highest BCUT2D eigenvalue weighted by atomic mass is 15.2. The molecule has 4 aliphatic rings. The van der Waals surface area contributed by atoms with Gasteiger partial charge in [-0.05, 0) is 72.5 Å². The predicted octanol–water partition coefficient (Wildman–Crippen LogP) is 5.45. The van der Waals surface area contributed by atoms with Gasteiger partial charge in [0.05, 0.1) is 0 Å². The summed E-state index contributed by atoms with van der Waals surface area (Å²) in [4.78, 5) is 3.02. The van der Waals surface area contributed by atoms with Gasteiger partial charge < -0.3 is 0 Å². The van der Waals surface area contributed by atoms with Gasteiger partial charge in [-0.25, -0.2) is 0 Å². The first kappa shape index (κ1) is 16.4. The van der Waals surface area contributed by atoms with Crippen LogP contribution in [0.4, 0.5) is 0 Å². The van der Waals surface area contributed by atoms with Crippen LogP contribution in [-0.4, -0.2) is 24.0 Å². The second-order valence-electron chi connectivity index (χ2n) is 9.63. The van der Waals surface area contributed by atoms with E-state index in [9.17, 15) is 0 Å². The predicted molar refractivity (Wildman–Crippen MR) is 98.3 cm³/mol. The van der Waals surface area contributed by atoms with Gasteiger partial charge in [0.2, 0.25) is 0 Å². The highest BCUT2D eigenvalue weighted by molar-refractivity contribution is 5.15. The van der Waals surface area contributed by atoms with Gasteiger partial charge in [0.25, 0.3) is 0 Å². The summed E-state index contributed by atoms with van der Waals surface area (Å²) in [7, 11) is 0. The lowest BCUT2D eigenvalue weighted by Crippen LogP contribution is -2.50. The molecular formula is C22H39N. The second kappa shape index (κ2) is 5.75. The van der Waals surface area contributed by atoms with E-state index < -0.39 is 0 Å². The molecule has 132 valence electrons. The van der Waals surface area contributed by atoms with Crippen LogP contribution in [0.3, 0.4) is 0 Å². The lowest BCUT2D eigenvalue weighted by molar-refractivity contribution is -0.0299. The van der Waals surface area contributed by atoms with E-state index in [-0.39, 0.29) is 0 Å². The van der Waals surface area contributed by atoms with Crippen LogP contribution in [-0.2, 0) is 0 Å². The lowest BCUT2D eigenvalue weighted by Gasteiger charge is -2.52. The maximum atomic E-state index is 3.02. The number of hydrogen-bond acceptors (Lipinski definition) is 1. The van der Waals surface area contributed by atoms with Gasteiger partial charge in [0.1, 0.15) is 0 Å². The monoisotopic (exact) mass is 317 g/mol. The molecule has 0 amide bonds. The number of hydrogen-bond donors (Lipinski definition) is 0. The van der Waals surface area contributed by atoms with Crippen molar-refractivity contribution in [3.05, 3.63) is 0 Å². The molecule has 2 bridgehead atoms. The van der Waals surface area contributed by atoms with Crippen molar-refractivity contribution in [3.63, 3.8) is 0 Å². The Balaban J connectivity index is 1.74. The Morgan fingerprint density at radius 1 is 0.957 bits per heavy atom. The first-order chi connectivity index (χ1) is 11.1. The molecule has 0 aromatic carbocycles. The largest absolute Gasteiger partial charge is 0.300 e. The molecule has 0 aromatic heterocycles. The van der Waals surface area contributed by atoms with Gasteiger partial charge in [-0.2, -0.15) is 0 Å². The zero-order chi connectivity index (χ0) is 16.4. The number of fused-ring (bicyclic) bond motifs is 5. The summed E-state index contributed by atoms with van der Waals surface area (Å²) in [6, 6.07) is 0.899. The van der Waals surface area contributed by atoms with Crippen molar-refractivity contribution in [1.82, 2.24) is 4.90 Å².